The average molecular weight is 313 g/mol. The first-order valence-electron chi connectivity index (χ1n) is 7.78. The summed E-state index contributed by atoms with van der Waals surface area (Å²) in [5, 5.41) is 11.5. The molecule has 0 aliphatic heterocycles. The van der Waals surface area contributed by atoms with Gasteiger partial charge in [-0.15, -0.1) is 0 Å². The Balaban J connectivity index is 2.30. The minimum atomic E-state index is -0.651. The van der Waals surface area contributed by atoms with Crippen molar-refractivity contribution in [2.75, 3.05) is 13.7 Å². The van der Waals surface area contributed by atoms with Gasteiger partial charge in [0, 0.05) is 6.61 Å². The van der Waals surface area contributed by atoms with Crippen LogP contribution in [0.5, 0.6) is 5.75 Å². The molecule has 1 fully saturated rings. The van der Waals surface area contributed by atoms with E-state index in [0.717, 1.165) is 31.2 Å². The van der Waals surface area contributed by atoms with Crippen LogP contribution in [0.15, 0.2) is 18.2 Å². The fourth-order valence-electron chi connectivity index (χ4n) is 3.26. The maximum Gasteiger partial charge on any atom is 0.137 e. The van der Waals surface area contributed by atoms with Gasteiger partial charge in [0.15, 0.2) is 0 Å². The van der Waals surface area contributed by atoms with E-state index in [-0.39, 0.29) is 0 Å². The fourth-order valence-corrected chi connectivity index (χ4v) is 3.46. The Morgan fingerprint density at radius 3 is 2.48 bits per heavy atom. The van der Waals surface area contributed by atoms with Crippen LogP contribution in [0.2, 0.25) is 5.02 Å². The number of hydrogen-bond donors (Lipinski definition) is 1. The number of aliphatic hydroxyl groups excluding tert-OH is 1. The van der Waals surface area contributed by atoms with E-state index in [0.29, 0.717) is 17.4 Å². The van der Waals surface area contributed by atoms with Gasteiger partial charge in [0.2, 0.25) is 0 Å². The summed E-state index contributed by atoms with van der Waals surface area (Å²) in [6.07, 6.45) is 5.77. The Kier molecular flexibility index (Phi) is 5.91. The van der Waals surface area contributed by atoms with Gasteiger partial charge in [0.05, 0.1) is 17.7 Å². The molecule has 21 heavy (non-hydrogen) atoms. The van der Waals surface area contributed by atoms with Crippen molar-refractivity contribution in [3.8, 4) is 5.75 Å². The molecule has 0 heterocycles. The number of ether oxygens (including phenoxy) is 2. The molecule has 1 atom stereocenters. The standard InChI is InChI=1S/C17H25ClO3/c1-3-21-17(10-6-4-5-7-11-17)16(19)13-8-9-14(18)15(12-13)20-2/h8-9,12,16,19H,3-7,10-11H2,1-2H3. The van der Waals surface area contributed by atoms with Crippen LogP contribution in [-0.2, 0) is 4.74 Å². The van der Waals surface area contributed by atoms with E-state index < -0.39 is 11.7 Å². The molecule has 0 bridgehead atoms. The summed E-state index contributed by atoms with van der Waals surface area (Å²) >= 11 is 6.07. The van der Waals surface area contributed by atoms with Gasteiger partial charge in [0.25, 0.3) is 0 Å². The summed E-state index contributed by atoms with van der Waals surface area (Å²) in [5.41, 5.74) is 0.330. The Morgan fingerprint density at radius 1 is 1.24 bits per heavy atom. The molecule has 118 valence electrons. The fraction of sp³-hybridized carbons (Fsp3) is 0.647. The molecule has 1 aliphatic rings. The second kappa shape index (κ2) is 7.48. The smallest absolute Gasteiger partial charge is 0.137 e. The van der Waals surface area contributed by atoms with Crippen molar-refractivity contribution in [2.24, 2.45) is 0 Å². The summed E-state index contributed by atoms with van der Waals surface area (Å²) in [4.78, 5) is 0. The van der Waals surface area contributed by atoms with Gasteiger partial charge in [-0.05, 0) is 37.5 Å². The molecule has 0 aromatic heterocycles. The van der Waals surface area contributed by atoms with E-state index in [1.807, 2.05) is 19.1 Å². The molecule has 3 nitrogen and oxygen atoms in total. The maximum atomic E-state index is 10.9. The molecule has 1 saturated carbocycles. The number of methoxy groups -OCH3 is 1. The number of rotatable bonds is 5. The zero-order valence-electron chi connectivity index (χ0n) is 12.9. The van der Waals surface area contributed by atoms with Crippen molar-refractivity contribution in [1.29, 1.82) is 0 Å². The number of benzene rings is 1. The molecule has 1 unspecified atom stereocenters. The lowest BCUT2D eigenvalue weighted by molar-refractivity contribution is -0.131. The minimum Gasteiger partial charge on any atom is -0.495 e. The monoisotopic (exact) mass is 312 g/mol. The third-order valence-electron chi connectivity index (χ3n) is 4.37. The van der Waals surface area contributed by atoms with Gasteiger partial charge in [-0.1, -0.05) is 43.4 Å². The van der Waals surface area contributed by atoms with E-state index in [9.17, 15) is 5.11 Å². The summed E-state index contributed by atoms with van der Waals surface area (Å²) in [6.45, 7) is 2.60. The Hall–Kier alpha value is -0.770. The van der Waals surface area contributed by atoms with Crippen LogP contribution in [0, 0.1) is 0 Å². The van der Waals surface area contributed by atoms with E-state index in [4.69, 9.17) is 21.1 Å². The van der Waals surface area contributed by atoms with Crippen LogP contribution in [0.3, 0.4) is 0 Å². The van der Waals surface area contributed by atoms with Gasteiger partial charge < -0.3 is 14.6 Å². The summed E-state index contributed by atoms with van der Waals surface area (Å²) < 4.78 is 11.3. The number of halogens is 1. The van der Waals surface area contributed by atoms with Gasteiger partial charge >= 0.3 is 0 Å². The van der Waals surface area contributed by atoms with Crippen LogP contribution in [0.1, 0.15) is 57.1 Å². The highest BCUT2D eigenvalue weighted by molar-refractivity contribution is 6.32. The Bertz CT molecular complexity index is 453. The van der Waals surface area contributed by atoms with E-state index >= 15 is 0 Å². The van der Waals surface area contributed by atoms with Crippen molar-refractivity contribution in [3.63, 3.8) is 0 Å². The molecule has 1 aromatic carbocycles. The molecule has 2 rings (SSSR count). The molecule has 0 saturated heterocycles. The molecule has 1 aliphatic carbocycles. The first kappa shape index (κ1) is 16.6. The molecule has 1 aromatic rings. The molecule has 0 amide bonds. The van der Waals surface area contributed by atoms with Crippen LogP contribution >= 0.6 is 11.6 Å². The molecular formula is C17H25ClO3. The average Bonchev–Trinajstić information content (AvgIpc) is 2.74. The van der Waals surface area contributed by atoms with Crippen LogP contribution in [0.25, 0.3) is 0 Å². The highest BCUT2D eigenvalue weighted by atomic mass is 35.5. The maximum absolute atomic E-state index is 10.9. The van der Waals surface area contributed by atoms with Crippen LogP contribution in [-0.4, -0.2) is 24.4 Å². The zero-order chi connectivity index (χ0) is 15.3. The van der Waals surface area contributed by atoms with Crippen molar-refractivity contribution in [1.82, 2.24) is 0 Å². The summed E-state index contributed by atoms with van der Waals surface area (Å²) in [6, 6.07) is 5.45. The van der Waals surface area contributed by atoms with E-state index in [1.54, 1.807) is 13.2 Å². The number of aliphatic hydroxyl groups is 1. The quantitative estimate of drug-likeness (QED) is 0.813. The highest BCUT2D eigenvalue weighted by Crippen LogP contribution is 2.42. The van der Waals surface area contributed by atoms with Gasteiger partial charge in [-0.3, -0.25) is 0 Å². The van der Waals surface area contributed by atoms with Gasteiger partial charge in [0.1, 0.15) is 11.9 Å². The molecule has 0 radical (unpaired) electrons. The third-order valence-corrected chi connectivity index (χ3v) is 4.68. The zero-order valence-corrected chi connectivity index (χ0v) is 13.7. The van der Waals surface area contributed by atoms with Crippen LogP contribution < -0.4 is 4.74 Å². The molecule has 0 spiro atoms. The van der Waals surface area contributed by atoms with E-state index in [2.05, 4.69) is 0 Å². The van der Waals surface area contributed by atoms with Gasteiger partial charge in [-0.25, -0.2) is 0 Å². The molecular weight excluding hydrogens is 288 g/mol. The SMILES string of the molecule is CCOC1(C(O)c2ccc(Cl)c(OC)c2)CCCCCC1. The van der Waals surface area contributed by atoms with Crippen LogP contribution in [0.4, 0.5) is 0 Å². The lowest BCUT2D eigenvalue weighted by atomic mass is 9.84. The normalized spacial score (nSPS) is 19.8. The Morgan fingerprint density at radius 2 is 1.90 bits per heavy atom. The largest absolute Gasteiger partial charge is 0.495 e. The third kappa shape index (κ3) is 3.71. The van der Waals surface area contributed by atoms with Crippen molar-refractivity contribution in [3.05, 3.63) is 28.8 Å². The predicted octanol–water partition coefficient (Wildman–Crippen LogP) is 4.51. The number of hydrogen-bond acceptors (Lipinski definition) is 3. The first-order chi connectivity index (χ1) is 10.1. The highest BCUT2D eigenvalue weighted by Gasteiger charge is 2.40. The van der Waals surface area contributed by atoms with Crippen molar-refractivity contribution in [2.45, 2.75) is 57.2 Å². The van der Waals surface area contributed by atoms with Crippen molar-refractivity contribution < 1.29 is 14.6 Å². The van der Waals surface area contributed by atoms with Gasteiger partial charge in [-0.2, -0.15) is 0 Å². The first-order valence-corrected chi connectivity index (χ1v) is 8.16. The predicted molar refractivity (Wildman–Crippen MR) is 85.0 cm³/mol. The topological polar surface area (TPSA) is 38.7 Å². The van der Waals surface area contributed by atoms with Crippen molar-refractivity contribution >= 4 is 11.6 Å². The second-order valence-electron chi connectivity index (χ2n) is 5.71. The summed E-state index contributed by atoms with van der Waals surface area (Å²) in [7, 11) is 1.58. The summed E-state index contributed by atoms with van der Waals surface area (Å²) in [5.74, 6) is 0.591. The Labute approximate surface area is 132 Å². The van der Waals surface area contributed by atoms with E-state index in [1.165, 1.54) is 12.8 Å². The lowest BCUT2D eigenvalue weighted by Gasteiger charge is -2.37. The lowest BCUT2D eigenvalue weighted by Crippen LogP contribution is -2.39. The second-order valence-corrected chi connectivity index (χ2v) is 6.12. The molecule has 1 N–H and O–H groups in total. The minimum absolute atomic E-state index is 0.482. The molecule has 4 heteroatoms.